The second-order valence-corrected chi connectivity index (χ2v) is 10.6. The molecule has 3 aromatic rings. The summed E-state index contributed by atoms with van der Waals surface area (Å²) in [5.74, 6) is -3.72. The highest BCUT2D eigenvalue weighted by atomic mass is 16.7. The third-order valence-electron chi connectivity index (χ3n) is 7.30. The molecule has 13 heteroatoms. The number of esters is 2. The molecule has 3 aromatic carbocycles. The van der Waals surface area contributed by atoms with Gasteiger partial charge < -0.3 is 29.7 Å². The maximum Gasteiger partial charge on any atom is 0.310 e. The van der Waals surface area contributed by atoms with E-state index in [1.165, 1.54) is 4.90 Å². The van der Waals surface area contributed by atoms with Crippen LogP contribution in [0.3, 0.4) is 0 Å². The van der Waals surface area contributed by atoms with Crippen LogP contribution in [0.25, 0.3) is 0 Å². The summed E-state index contributed by atoms with van der Waals surface area (Å²) >= 11 is 0. The number of hydrogen-bond acceptors (Lipinski definition) is 9. The first kappa shape index (κ1) is 31.9. The predicted molar refractivity (Wildman–Crippen MR) is 163 cm³/mol. The van der Waals surface area contributed by atoms with E-state index in [4.69, 9.17) is 14.2 Å². The van der Waals surface area contributed by atoms with Crippen molar-refractivity contribution in [2.24, 2.45) is 0 Å². The van der Waals surface area contributed by atoms with Gasteiger partial charge >= 0.3 is 11.9 Å². The Morgan fingerprint density at radius 1 is 0.870 bits per heavy atom. The number of anilines is 2. The molecule has 5 rings (SSSR count). The molecule has 0 radical (unpaired) electrons. The number of nitrogens with zero attached hydrogens (tertiary/aromatic N) is 2. The van der Waals surface area contributed by atoms with Gasteiger partial charge in [-0.1, -0.05) is 60.7 Å². The second kappa shape index (κ2) is 14.5. The molecule has 0 bridgehead atoms. The minimum absolute atomic E-state index is 0.135. The van der Waals surface area contributed by atoms with E-state index < -0.39 is 67.1 Å². The van der Waals surface area contributed by atoms with Gasteiger partial charge in [-0.05, 0) is 29.8 Å². The van der Waals surface area contributed by atoms with Crippen molar-refractivity contribution in [3.63, 3.8) is 0 Å². The molecule has 0 saturated carbocycles. The minimum atomic E-state index is -1.28. The fraction of sp³-hybridized carbons (Fsp3) is 0.273. The number of benzene rings is 3. The van der Waals surface area contributed by atoms with E-state index in [0.29, 0.717) is 0 Å². The average molecular weight is 629 g/mol. The van der Waals surface area contributed by atoms with Crippen LogP contribution in [0.15, 0.2) is 84.9 Å². The number of hydrogen-bond donors (Lipinski definition) is 2. The summed E-state index contributed by atoms with van der Waals surface area (Å²) in [6.07, 6.45) is -1.18. The first-order chi connectivity index (χ1) is 22.2. The number of amides is 4. The number of cyclic esters (lactones) is 1. The van der Waals surface area contributed by atoms with Crippen molar-refractivity contribution in [3.8, 4) is 0 Å². The molecule has 1 saturated heterocycles. The molecule has 2 aliphatic rings. The molecule has 2 heterocycles. The summed E-state index contributed by atoms with van der Waals surface area (Å²) < 4.78 is 16.0. The summed E-state index contributed by atoms with van der Waals surface area (Å²) in [6.45, 7) is -0.111. The molecule has 3 atom stereocenters. The molecule has 0 aromatic heterocycles. The number of ether oxygens (including phenoxy) is 3. The largest absolute Gasteiger partial charge is 0.456 e. The Balaban J connectivity index is 1.38. The normalized spacial score (nSPS) is 19.0. The zero-order valence-corrected chi connectivity index (χ0v) is 24.9. The standard InChI is InChI=1S/C33H32N4O9/c1-21(38)44-20-29(40)36-17-25(35-31(42)23-12-6-3-7-13-23)32(43)37(27-15-9-8-14-26(27)36)18-28(39)34-24-16-30(41)46-33(24)45-19-22-10-4-2-5-11-22/h2-15,24-25,33H,16-20H2,1H3,(H,34,39)(H,35,42). The van der Waals surface area contributed by atoms with Crippen LogP contribution in [-0.4, -0.2) is 73.6 Å². The Labute approximate surface area is 264 Å². The number of carbonyl (C=O) groups is 6. The summed E-state index contributed by atoms with van der Waals surface area (Å²) in [4.78, 5) is 79.9. The maximum absolute atomic E-state index is 14.1. The number of para-hydroxylation sites is 2. The van der Waals surface area contributed by atoms with Crippen molar-refractivity contribution in [3.05, 3.63) is 96.1 Å². The first-order valence-electron chi connectivity index (χ1n) is 14.5. The van der Waals surface area contributed by atoms with Gasteiger partial charge in [-0.25, -0.2) is 0 Å². The zero-order chi connectivity index (χ0) is 32.6. The minimum Gasteiger partial charge on any atom is -0.456 e. The van der Waals surface area contributed by atoms with E-state index in [9.17, 15) is 28.8 Å². The monoisotopic (exact) mass is 628 g/mol. The van der Waals surface area contributed by atoms with E-state index in [1.807, 2.05) is 30.3 Å². The van der Waals surface area contributed by atoms with E-state index in [2.05, 4.69) is 10.6 Å². The second-order valence-electron chi connectivity index (χ2n) is 10.6. The molecular weight excluding hydrogens is 596 g/mol. The molecule has 1 fully saturated rings. The van der Waals surface area contributed by atoms with Crippen LogP contribution in [0, 0.1) is 0 Å². The van der Waals surface area contributed by atoms with Crippen molar-refractivity contribution in [1.29, 1.82) is 0 Å². The van der Waals surface area contributed by atoms with Crippen molar-refractivity contribution < 1.29 is 43.0 Å². The highest BCUT2D eigenvalue weighted by Crippen LogP contribution is 2.33. The summed E-state index contributed by atoms with van der Waals surface area (Å²) in [5, 5.41) is 5.42. The predicted octanol–water partition coefficient (Wildman–Crippen LogP) is 1.70. The molecule has 0 aliphatic carbocycles. The lowest BCUT2D eigenvalue weighted by Gasteiger charge is -2.26. The summed E-state index contributed by atoms with van der Waals surface area (Å²) in [7, 11) is 0. The highest BCUT2D eigenvalue weighted by Gasteiger charge is 2.40. The highest BCUT2D eigenvalue weighted by molar-refractivity contribution is 6.11. The molecule has 3 unspecified atom stereocenters. The Hall–Kier alpha value is -5.56. The molecule has 13 nitrogen and oxygen atoms in total. The van der Waals surface area contributed by atoms with Crippen LogP contribution in [0.1, 0.15) is 29.3 Å². The smallest absolute Gasteiger partial charge is 0.310 e. The Bertz CT molecular complexity index is 1620. The van der Waals surface area contributed by atoms with Gasteiger partial charge in [-0.3, -0.25) is 33.7 Å². The van der Waals surface area contributed by atoms with E-state index in [0.717, 1.165) is 17.4 Å². The number of carbonyl (C=O) groups excluding carboxylic acids is 6. The number of fused-ring (bicyclic) bond motifs is 1. The van der Waals surface area contributed by atoms with Crippen LogP contribution in [0.5, 0.6) is 0 Å². The number of rotatable bonds is 10. The van der Waals surface area contributed by atoms with Gasteiger partial charge in [0.1, 0.15) is 18.6 Å². The Morgan fingerprint density at radius 3 is 2.22 bits per heavy atom. The average Bonchev–Trinajstić information content (AvgIpc) is 3.36. The van der Waals surface area contributed by atoms with Crippen molar-refractivity contribution >= 4 is 46.9 Å². The summed E-state index contributed by atoms with van der Waals surface area (Å²) in [6, 6.07) is 21.8. The number of nitrogens with one attached hydrogen (secondary N) is 2. The molecule has 238 valence electrons. The topological polar surface area (TPSA) is 161 Å². The van der Waals surface area contributed by atoms with Gasteiger partial charge in [0.05, 0.1) is 30.9 Å². The molecule has 0 spiro atoms. The van der Waals surface area contributed by atoms with Crippen LogP contribution in [0.2, 0.25) is 0 Å². The quantitative estimate of drug-likeness (QED) is 0.319. The van der Waals surface area contributed by atoms with Gasteiger partial charge in [0.25, 0.3) is 17.7 Å². The zero-order valence-electron chi connectivity index (χ0n) is 24.9. The van der Waals surface area contributed by atoms with Gasteiger partial charge in [-0.15, -0.1) is 0 Å². The van der Waals surface area contributed by atoms with Gasteiger partial charge in [0.2, 0.25) is 12.2 Å². The molecule has 2 N–H and O–H groups in total. The van der Waals surface area contributed by atoms with Crippen LogP contribution < -0.4 is 20.4 Å². The molecular formula is C33H32N4O9. The van der Waals surface area contributed by atoms with Gasteiger partial charge in [-0.2, -0.15) is 0 Å². The van der Waals surface area contributed by atoms with E-state index in [-0.39, 0.29) is 36.5 Å². The first-order valence-corrected chi connectivity index (χ1v) is 14.5. The lowest BCUT2D eigenvalue weighted by molar-refractivity contribution is -0.168. The lowest BCUT2D eigenvalue weighted by atomic mass is 10.1. The molecule has 46 heavy (non-hydrogen) atoms. The Morgan fingerprint density at radius 2 is 1.52 bits per heavy atom. The van der Waals surface area contributed by atoms with Gasteiger partial charge in [0, 0.05) is 12.5 Å². The Kier molecular flexibility index (Phi) is 10.0. The van der Waals surface area contributed by atoms with Crippen molar-refractivity contribution in [2.45, 2.75) is 38.3 Å². The third kappa shape index (κ3) is 7.74. The van der Waals surface area contributed by atoms with Crippen LogP contribution in [0.4, 0.5) is 11.4 Å². The van der Waals surface area contributed by atoms with Gasteiger partial charge in [0.15, 0.2) is 6.61 Å². The van der Waals surface area contributed by atoms with E-state index >= 15 is 0 Å². The fourth-order valence-electron chi connectivity index (χ4n) is 5.12. The fourth-order valence-corrected chi connectivity index (χ4v) is 5.12. The lowest BCUT2D eigenvalue weighted by Crippen LogP contribution is -2.55. The molecule has 2 aliphatic heterocycles. The van der Waals surface area contributed by atoms with Crippen LogP contribution in [-0.2, 0) is 44.8 Å². The summed E-state index contributed by atoms with van der Waals surface area (Å²) in [5.41, 5.74) is 1.61. The maximum atomic E-state index is 14.1. The SMILES string of the molecule is CC(=O)OCC(=O)N1CC(NC(=O)c2ccccc2)C(=O)N(CC(=O)NC2CC(=O)OC2OCc2ccccc2)c2ccccc21. The molecule has 4 amide bonds. The van der Waals surface area contributed by atoms with Crippen molar-refractivity contribution in [2.75, 3.05) is 29.5 Å². The van der Waals surface area contributed by atoms with Crippen molar-refractivity contribution in [1.82, 2.24) is 10.6 Å². The van der Waals surface area contributed by atoms with Crippen LogP contribution >= 0.6 is 0 Å². The van der Waals surface area contributed by atoms with E-state index in [1.54, 1.807) is 54.6 Å². The third-order valence-corrected chi connectivity index (χ3v) is 7.30.